The Balaban J connectivity index is 0.00000320. The number of carbonyl (C=O) groups excluding carboxylic acids is 1. The number of likely N-dealkylation sites (N-methyl/N-ethyl adjacent to an activating group) is 1. The number of ether oxygens (including phenoxy) is 2. The molecule has 7 nitrogen and oxygen atoms in total. The molecular formula is C21H27IN4O3S. The maximum atomic E-state index is 11.9. The normalized spacial score (nSPS) is 12.1. The minimum Gasteiger partial charge on any atom is -0.454 e. The molecule has 0 aliphatic carbocycles. The fourth-order valence-electron chi connectivity index (χ4n) is 2.56. The van der Waals surface area contributed by atoms with Gasteiger partial charge < -0.3 is 25.0 Å². The average molecular weight is 542 g/mol. The first-order chi connectivity index (χ1) is 14.1. The van der Waals surface area contributed by atoms with Crippen LogP contribution in [-0.2, 0) is 11.3 Å². The number of guanidine groups is 1. The summed E-state index contributed by atoms with van der Waals surface area (Å²) in [5.74, 6) is 2.97. The van der Waals surface area contributed by atoms with E-state index in [9.17, 15) is 4.79 Å². The van der Waals surface area contributed by atoms with Crippen LogP contribution in [0, 0.1) is 0 Å². The van der Waals surface area contributed by atoms with Crippen molar-refractivity contribution in [3.05, 3.63) is 54.1 Å². The molecule has 0 unspecified atom stereocenters. The number of aliphatic imine (C=N–C) groups is 1. The van der Waals surface area contributed by atoms with Crippen LogP contribution in [0.25, 0.3) is 0 Å². The van der Waals surface area contributed by atoms with Gasteiger partial charge in [0.2, 0.25) is 12.7 Å². The average Bonchev–Trinajstić information content (AvgIpc) is 3.20. The number of benzene rings is 2. The minimum atomic E-state index is -0.0127. The lowest BCUT2D eigenvalue weighted by Crippen LogP contribution is -2.43. The number of hydrogen-bond acceptors (Lipinski definition) is 5. The first kappa shape index (κ1) is 24.1. The van der Waals surface area contributed by atoms with E-state index in [0.29, 0.717) is 12.5 Å². The first-order valence-electron chi connectivity index (χ1n) is 9.40. The number of fused-ring (bicyclic) bond motifs is 1. The summed E-state index contributed by atoms with van der Waals surface area (Å²) in [4.78, 5) is 19.3. The van der Waals surface area contributed by atoms with Crippen molar-refractivity contribution in [1.29, 1.82) is 0 Å². The van der Waals surface area contributed by atoms with E-state index < -0.39 is 0 Å². The fraction of sp³-hybridized carbons (Fsp3) is 0.333. The van der Waals surface area contributed by atoms with Crippen LogP contribution >= 0.6 is 35.7 Å². The van der Waals surface area contributed by atoms with Crippen molar-refractivity contribution in [2.24, 2.45) is 4.99 Å². The Hall–Kier alpha value is -2.14. The molecule has 1 amide bonds. The SMILES string of the molecule is CN(C)C(=O)CNC(=NCc1ccc2c(c1)OCO2)NCCSc1ccccc1.I. The quantitative estimate of drug-likeness (QED) is 0.176. The molecule has 162 valence electrons. The Morgan fingerprint density at radius 1 is 1.10 bits per heavy atom. The summed E-state index contributed by atoms with van der Waals surface area (Å²) in [6, 6.07) is 16.0. The molecule has 1 heterocycles. The molecule has 0 aromatic heterocycles. The van der Waals surface area contributed by atoms with Gasteiger partial charge in [-0.25, -0.2) is 4.99 Å². The van der Waals surface area contributed by atoms with Crippen molar-refractivity contribution in [3.8, 4) is 11.5 Å². The third-order valence-corrected chi connectivity index (χ3v) is 5.18. The third kappa shape index (κ3) is 7.60. The number of nitrogens with zero attached hydrogens (tertiary/aromatic N) is 2. The fourth-order valence-corrected chi connectivity index (χ4v) is 3.35. The number of hydrogen-bond donors (Lipinski definition) is 2. The summed E-state index contributed by atoms with van der Waals surface area (Å²) >= 11 is 1.77. The lowest BCUT2D eigenvalue weighted by atomic mass is 10.2. The molecule has 0 spiro atoms. The Kier molecular flexibility index (Phi) is 10.1. The van der Waals surface area contributed by atoms with Crippen LogP contribution in [0.5, 0.6) is 11.5 Å². The molecule has 0 bridgehead atoms. The molecule has 0 saturated carbocycles. The maximum Gasteiger partial charge on any atom is 0.241 e. The van der Waals surface area contributed by atoms with Crippen molar-refractivity contribution in [1.82, 2.24) is 15.5 Å². The molecule has 2 N–H and O–H groups in total. The van der Waals surface area contributed by atoms with E-state index >= 15 is 0 Å². The number of thioether (sulfide) groups is 1. The second kappa shape index (κ2) is 12.5. The molecule has 3 rings (SSSR count). The predicted molar refractivity (Wildman–Crippen MR) is 131 cm³/mol. The molecule has 0 fully saturated rings. The summed E-state index contributed by atoms with van der Waals surface area (Å²) in [6.45, 7) is 1.63. The number of rotatable bonds is 8. The molecule has 0 radical (unpaired) electrons. The predicted octanol–water partition coefficient (Wildman–Crippen LogP) is 2.95. The van der Waals surface area contributed by atoms with Crippen LogP contribution in [0.4, 0.5) is 0 Å². The lowest BCUT2D eigenvalue weighted by molar-refractivity contribution is -0.127. The molecular weight excluding hydrogens is 515 g/mol. The van der Waals surface area contributed by atoms with Gasteiger partial charge in [-0.3, -0.25) is 4.79 Å². The zero-order valence-electron chi connectivity index (χ0n) is 17.1. The van der Waals surface area contributed by atoms with Gasteiger partial charge in [0.05, 0.1) is 13.1 Å². The Morgan fingerprint density at radius 2 is 1.87 bits per heavy atom. The number of carbonyl (C=O) groups is 1. The van der Waals surface area contributed by atoms with Crippen molar-refractivity contribution in [3.63, 3.8) is 0 Å². The molecule has 2 aromatic rings. The van der Waals surface area contributed by atoms with E-state index in [1.54, 1.807) is 30.8 Å². The summed E-state index contributed by atoms with van der Waals surface area (Å²) in [5.41, 5.74) is 1.01. The van der Waals surface area contributed by atoms with Crippen molar-refractivity contribution in [2.45, 2.75) is 11.4 Å². The maximum absolute atomic E-state index is 11.9. The van der Waals surface area contributed by atoms with Crippen LogP contribution < -0.4 is 20.1 Å². The molecule has 0 atom stereocenters. The summed E-state index contributed by atoms with van der Waals surface area (Å²) in [5, 5.41) is 6.40. The first-order valence-corrected chi connectivity index (χ1v) is 10.4. The number of amides is 1. The zero-order valence-corrected chi connectivity index (χ0v) is 20.2. The second-order valence-electron chi connectivity index (χ2n) is 6.58. The Morgan fingerprint density at radius 3 is 2.63 bits per heavy atom. The Labute approximate surface area is 198 Å². The van der Waals surface area contributed by atoms with Gasteiger partial charge in [0.1, 0.15) is 0 Å². The zero-order chi connectivity index (χ0) is 20.5. The highest BCUT2D eigenvalue weighted by molar-refractivity contribution is 14.0. The van der Waals surface area contributed by atoms with E-state index in [4.69, 9.17) is 9.47 Å². The molecule has 9 heteroatoms. The van der Waals surface area contributed by atoms with Gasteiger partial charge in [-0.1, -0.05) is 24.3 Å². The van der Waals surface area contributed by atoms with E-state index in [2.05, 4.69) is 27.8 Å². The smallest absolute Gasteiger partial charge is 0.241 e. The number of halogens is 1. The number of nitrogens with one attached hydrogen (secondary N) is 2. The van der Waals surface area contributed by atoms with Crippen molar-refractivity contribution < 1.29 is 14.3 Å². The molecule has 1 aliphatic heterocycles. The van der Waals surface area contributed by atoms with Crippen LogP contribution in [0.3, 0.4) is 0 Å². The van der Waals surface area contributed by atoms with E-state index in [1.807, 2.05) is 36.4 Å². The highest BCUT2D eigenvalue weighted by atomic mass is 127. The van der Waals surface area contributed by atoms with Crippen LogP contribution in [0.1, 0.15) is 5.56 Å². The third-order valence-electron chi connectivity index (χ3n) is 4.17. The highest BCUT2D eigenvalue weighted by Gasteiger charge is 2.13. The molecule has 0 saturated heterocycles. The van der Waals surface area contributed by atoms with Gasteiger partial charge in [0.25, 0.3) is 0 Å². The van der Waals surface area contributed by atoms with Gasteiger partial charge in [-0.2, -0.15) is 0 Å². The van der Waals surface area contributed by atoms with Gasteiger partial charge in [0, 0.05) is 31.3 Å². The van der Waals surface area contributed by atoms with E-state index in [1.165, 1.54) is 4.90 Å². The lowest BCUT2D eigenvalue weighted by Gasteiger charge is -2.15. The van der Waals surface area contributed by atoms with Gasteiger partial charge in [-0.15, -0.1) is 35.7 Å². The molecule has 30 heavy (non-hydrogen) atoms. The van der Waals surface area contributed by atoms with Crippen LogP contribution in [-0.4, -0.2) is 56.5 Å². The van der Waals surface area contributed by atoms with E-state index in [0.717, 1.165) is 29.4 Å². The van der Waals surface area contributed by atoms with Crippen LogP contribution in [0.15, 0.2) is 58.4 Å². The largest absolute Gasteiger partial charge is 0.454 e. The van der Waals surface area contributed by atoms with Crippen molar-refractivity contribution in [2.75, 3.05) is 39.7 Å². The second-order valence-corrected chi connectivity index (χ2v) is 7.75. The summed E-state index contributed by atoms with van der Waals surface area (Å²) in [7, 11) is 3.47. The van der Waals surface area contributed by atoms with Gasteiger partial charge >= 0.3 is 0 Å². The topological polar surface area (TPSA) is 75.2 Å². The van der Waals surface area contributed by atoms with E-state index in [-0.39, 0.29) is 43.2 Å². The highest BCUT2D eigenvalue weighted by Crippen LogP contribution is 2.32. The molecule has 2 aromatic carbocycles. The van der Waals surface area contributed by atoms with Gasteiger partial charge in [0.15, 0.2) is 17.5 Å². The van der Waals surface area contributed by atoms with Crippen molar-refractivity contribution >= 4 is 47.6 Å². The van der Waals surface area contributed by atoms with Crippen LogP contribution in [0.2, 0.25) is 0 Å². The minimum absolute atomic E-state index is 0. The Bertz CT molecular complexity index is 849. The monoisotopic (exact) mass is 542 g/mol. The van der Waals surface area contributed by atoms with Gasteiger partial charge in [-0.05, 0) is 29.8 Å². The standard InChI is InChI=1S/C21H26N4O3S.HI/c1-25(2)20(26)14-24-21(22-10-11-29-17-6-4-3-5-7-17)23-13-16-8-9-18-19(12-16)28-15-27-18;/h3-9,12H,10-11,13-15H2,1-2H3,(H2,22,23,24);1H. The summed E-state index contributed by atoms with van der Waals surface area (Å²) < 4.78 is 10.8. The molecule has 1 aliphatic rings. The summed E-state index contributed by atoms with van der Waals surface area (Å²) in [6.07, 6.45) is 0.